The van der Waals surface area contributed by atoms with E-state index in [0.29, 0.717) is 5.56 Å². The molecule has 0 amide bonds. The van der Waals surface area contributed by atoms with Crippen LogP contribution < -0.4 is 4.72 Å². The molecule has 0 radical (unpaired) electrons. The first-order valence-electron chi connectivity index (χ1n) is 5.79. The maximum absolute atomic E-state index is 12.2. The lowest BCUT2D eigenvalue weighted by molar-refractivity contribution is -0.384. The van der Waals surface area contributed by atoms with Gasteiger partial charge in [0.2, 0.25) is 0 Å². The minimum atomic E-state index is -3.94. The third-order valence-corrected chi connectivity index (χ3v) is 4.76. The Bertz CT molecular complexity index is 855. The van der Waals surface area contributed by atoms with Crippen molar-refractivity contribution < 1.29 is 13.3 Å². The number of rotatable bonds is 4. The smallest absolute Gasteiger partial charge is 0.279 e. The van der Waals surface area contributed by atoms with Crippen LogP contribution in [0.25, 0.3) is 0 Å². The van der Waals surface area contributed by atoms with E-state index in [-0.39, 0.29) is 20.8 Å². The van der Waals surface area contributed by atoms with Gasteiger partial charge >= 0.3 is 0 Å². The molecule has 0 aliphatic carbocycles. The molecular weight excluding hydrogens is 353 g/mol. The van der Waals surface area contributed by atoms with Crippen LogP contribution in [0.4, 0.5) is 11.4 Å². The monoisotopic (exact) mass is 361 g/mol. The summed E-state index contributed by atoms with van der Waals surface area (Å²) in [6, 6.07) is 4.95. The first kappa shape index (κ1) is 16.5. The van der Waals surface area contributed by atoms with Gasteiger partial charge in [-0.1, -0.05) is 23.2 Å². The van der Waals surface area contributed by atoms with Crippen molar-refractivity contribution in [1.29, 1.82) is 0 Å². The van der Waals surface area contributed by atoms with E-state index >= 15 is 0 Å². The van der Waals surface area contributed by atoms with Crippen molar-refractivity contribution in [1.82, 2.24) is 4.98 Å². The van der Waals surface area contributed by atoms with E-state index in [1.54, 1.807) is 6.92 Å². The molecule has 1 aromatic carbocycles. The Morgan fingerprint density at radius 2 is 1.95 bits per heavy atom. The van der Waals surface area contributed by atoms with Crippen LogP contribution in [0, 0.1) is 17.0 Å². The lowest BCUT2D eigenvalue weighted by Crippen LogP contribution is -2.13. The molecule has 116 valence electrons. The standard InChI is InChI=1S/C12H9Cl2N3O4S/c1-7-4-9(6-15-12(7)14)22(20,21)16-8-2-3-10(13)11(5-8)17(18)19/h2-6,16H,1H3. The molecule has 22 heavy (non-hydrogen) atoms. The molecule has 0 aliphatic rings. The van der Waals surface area contributed by atoms with Gasteiger partial charge in [0, 0.05) is 12.3 Å². The minimum absolute atomic E-state index is 0.0173. The van der Waals surface area contributed by atoms with E-state index in [1.807, 2.05) is 0 Å². The average molecular weight is 362 g/mol. The van der Waals surface area contributed by atoms with E-state index in [4.69, 9.17) is 23.2 Å². The first-order chi connectivity index (χ1) is 10.2. The van der Waals surface area contributed by atoms with Gasteiger partial charge in [0.15, 0.2) is 0 Å². The molecule has 0 saturated heterocycles. The zero-order valence-electron chi connectivity index (χ0n) is 11.1. The Hall–Kier alpha value is -1.90. The summed E-state index contributed by atoms with van der Waals surface area (Å²) in [5.41, 5.74) is 0.114. The highest BCUT2D eigenvalue weighted by molar-refractivity contribution is 7.92. The zero-order chi connectivity index (χ0) is 16.5. The SMILES string of the molecule is Cc1cc(S(=O)(=O)Nc2ccc(Cl)c([N+](=O)[O-])c2)cnc1Cl. The summed E-state index contributed by atoms with van der Waals surface area (Å²) in [5.74, 6) is 0. The van der Waals surface area contributed by atoms with Crippen molar-refractivity contribution >= 4 is 44.6 Å². The molecule has 0 spiro atoms. The Morgan fingerprint density at radius 1 is 1.27 bits per heavy atom. The van der Waals surface area contributed by atoms with Crippen LogP contribution in [0.5, 0.6) is 0 Å². The van der Waals surface area contributed by atoms with Crippen LogP contribution in [0.2, 0.25) is 10.2 Å². The van der Waals surface area contributed by atoms with Gasteiger partial charge in [-0.2, -0.15) is 0 Å². The van der Waals surface area contributed by atoms with Crippen LogP contribution in [-0.2, 0) is 10.0 Å². The van der Waals surface area contributed by atoms with Crippen molar-refractivity contribution in [3.63, 3.8) is 0 Å². The van der Waals surface area contributed by atoms with Gasteiger partial charge in [-0.25, -0.2) is 13.4 Å². The van der Waals surface area contributed by atoms with Gasteiger partial charge in [0.05, 0.1) is 10.6 Å². The number of halogens is 2. The Labute approximate surface area is 136 Å². The quantitative estimate of drug-likeness (QED) is 0.510. The number of nitro benzene ring substituents is 1. The Morgan fingerprint density at radius 3 is 2.55 bits per heavy atom. The highest BCUT2D eigenvalue weighted by atomic mass is 35.5. The van der Waals surface area contributed by atoms with Gasteiger partial charge in [0.25, 0.3) is 15.7 Å². The first-order valence-corrected chi connectivity index (χ1v) is 8.03. The second kappa shape index (κ2) is 6.07. The lowest BCUT2D eigenvalue weighted by Gasteiger charge is -2.09. The molecule has 1 N–H and O–H groups in total. The zero-order valence-corrected chi connectivity index (χ0v) is 13.4. The molecule has 1 aromatic heterocycles. The van der Waals surface area contributed by atoms with Gasteiger partial charge in [-0.05, 0) is 30.7 Å². The number of sulfonamides is 1. The second-order valence-electron chi connectivity index (χ2n) is 4.31. The van der Waals surface area contributed by atoms with Gasteiger partial charge < -0.3 is 0 Å². The van der Waals surface area contributed by atoms with Crippen LogP contribution in [0.3, 0.4) is 0 Å². The number of benzene rings is 1. The summed E-state index contributed by atoms with van der Waals surface area (Å²) < 4.78 is 26.7. The van der Waals surface area contributed by atoms with E-state index in [2.05, 4.69) is 9.71 Å². The van der Waals surface area contributed by atoms with Gasteiger partial charge in [0.1, 0.15) is 15.1 Å². The van der Waals surface area contributed by atoms with Crippen LogP contribution >= 0.6 is 23.2 Å². The lowest BCUT2D eigenvalue weighted by atomic mass is 10.3. The van der Waals surface area contributed by atoms with E-state index in [0.717, 1.165) is 12.3 Å². The van der Waals surface area contributed by atoms with Crippen molar-refractivity contribution in [3.05, 3.63) is 56.3 Å². The van der Waals surface area contributed by atoms with E-state index < -0.39 is 20.6 Å². The normalized spacial score (nSPS) is 11.2. The number of hydrogen-bond acceptors (Lipinski definition) is 5. The largest absolute Gasteiger partial charge is 0.289 e. The third kappa shape index (κ3) is 3.46. The second-order valence-corrected chi connectivity index (χ2v) is 6.76. The predicted molar refractivity (Wildman–Crippen MR) is 82.9 cm³/mol. The maximum Gasteiger partial charge on any atom is 0.289 e. The molecular formula is C12H9Cl2N3O4S. The highest BCUT2D eigenvalue weighted by Crippen LogP contribution is 2.28. The van der Waals surface area contributed by atoms with Gasteiger partial charge in [-0.3, -0.25) is 14.8 Å². The topological polar surface area (TPSA) is 102 Å². The molecule has 0 aliphatic heterocycles. The number of anilines is 1. The molecule has 7 nitrogen and oxygen atoms in total. The molecule has 0 bridgehead atoms. The van der Waals surface area contributed by atoms with Gasteiger partial charge in [-0.15, -0.1) is 0 Å². The summed E-state index contributed by atoms with van der Waals surface area (Å²) in [5, 5.41) is 10.9. The number of hydrogen-bond donors (Lipinski definition) is 1. The molecule has 0 fully saturated rings. The molecule has 2 aromatic rings. The summed E-state index contributed by atoms with van der Waals surface area (Å²) in [6.07, 6.45) is 1.10. The molecule has 1 heterocycles. The molecule has 10 heteroatoms. The number of nitrogens with zero attached hydrogens (tertiary/aromatic N) is 2. The third-order valence-electron chi connectivity index (χ3n) is 2.69. The fourth-order valence-electron chi connectivity index (χ4n) is 1.61. The summed E-state index contributed by atoms with van der Waals surface area (Å²) >= 11 is 11.4. The molecule has 0 saturated carbocycles. The summed E-state index contributed by atoms with van der Waals surface area (Å²) in [6.45, 7) is 1.61. The number of nitrogens with one attached hydrogen (secondary N) is 1. The van der Waals surface area contributed by atoms with Crippen LogP contribution in [0.1, 0.15) is 5.56 Å². The summed E-state index contributed by atoms with van der Waals surface area (Å²) in [4.78, 5) is 13.8. The summed E-state index contributed by atoms with van der Waals surface area (Å²) in [7, 11) is -3.94. The Kier molecular flexibility index (Phi) is 4.55. The predicted octanol–water partition coefficient (Wildman–Crippen LogP) is 3.41. The number of aryl methyl sites for hydroxylation is 1. The minimum Gasteiger partial charge on any atom is -0.279 e. The van der Waals surface area contributed by atoms with Crippen LogP contribution in [0.15, 0.2) is 35.4 Å². The van der Waals surface area contributed by atoms with Crippen molar-refractivity contribution in [3.8, 4) is 0 Å². The highest BCUT2D eigenvalue weighted by Gasteiger charge is 2.19. The van der Waals surface area contributed by atoms with E-state index in [9.17, 15) is 18.5 Å². The maximum atomic E-state index is 12.2. The van der Waals surface area contributed by atoms with Crippen molar-refractivity contribution in [2.45, 2.75) is 11.8 Å². The average Bonchev–Trinajstić information content (AvgIpc) is 2.43. The van der Waals surface area contributed by atoms with Crippen molar-refractivity contribution in [2.24, 2.45) is 0 Å². The Balaban J connectivity index is 2.38. The fraction of sp³-hybridized carbons (Fsp3) is 0.0833. The molecule has 0 unspecified atom stereocenters. The number of nitro groups is 1. The molecule has 0 atom stereocenters. The fourth-order valence-corrected chi connectivity index (χ4v) is 2.98. The van der Waals surface area contributed by atoms with Crippen molar-refractivity contribution in [2.75, 3.05) is 4.72 Å². The molecule has 2 rings (SSSR count). The van der Waals surface area contributed by atoms with E-state index in [1.165, 1.54) is 18.2 Å². The van der Waals surface area contributed by atoms with Crippen LogP contribution in [-0.4, -0.2) is 18.3 Å². The number of pyridine rings is 1. The number of aromatic nitrogens is 1.